The van der Waals surface area contributed by atoms with Crippen LogP contribution in [0.2, 0.25) is 0 Å². The highest BCUT2D eigenvalue weighted by Gasteiger charge is 2.15. The van der Waals surface area contributed by atoms with Gasteiger partial charge in [-0.15, -0.1) is 0 Å². The molecule has 3 nitrogen and oxygen atoms in total. The van der Waals surface area contributed by atoms with Crippen molar-refractivity contribution >= 4 is 5.97 Å². The second-order valence-electron chi connectivity index (χ2n) is 4.36. The van der Waals surface area contributed by atoms with Gasteiger partial charge in [0.25, 0.3) is 0 Å². The van der Waals surface area contributed by atoms with Crippen LogP contribution in [0.5, 0.6) is 0 Å². The molecule has 16 heavy (non-hydrogen) atoms. The van der Waals surface area contributed by atoms with Gasteiger partial charge in [-0.25, -0.2) is 4.79 Å². The van der Waals surface area contributed by atoms with E-state index in [4.69, 9.17) is 4.74 Å². The first-order chi connectivity index (χ1) is 7.77. The first-order valence-electron chi connectivity index (χ1n) is 6.26. The first kappa shape index (κ1) is 13.2. The van der Waals surface area contributed by atoms with Gasteiger partial charge >= 0.3 is 5.97 Å². The highest BCUT2D eigenvalue weighted by molar-refractivity contribution is 5.88. The smallest absolute Gasteiger partial charge is 0.333 e. The van der Waals surface area contributed by atoms with E-state index >= 15 is 0 Å². The number of hydrogen-bond donors (Lipinski definition) is 1. The summed E-state index contributed by atoms with van der Waals surface area (Å²) in [5.41, 5.74) is 0.763. The average molecular weight is 225 g/mol. The summed E-state index contributed by atoms with van der Waals surface area (Å²) in [6, 6.07) is 0. The summed E-state index contributed by atoms with van der Waals surface area (Å²) in [6.07, 6.45) is 8.16. The predicted octanol–water partition coefficient (Wildman–Crippen LogP) is 2.28. The second-order valence-corrected chi connectivity index (χ2v) is 4.36. The molecule has 0 unspecified atom stereocenters. The summed E-state index contributed by atoms with van der Waals surface area (Å²) in [6.45, 7) is 3.79. The Bertz CT molecular complexity index is 244. The van der Waals surface area contributed by atoms with Crippen molar-refractivity contribution in [3.63, 3.8) is 0 Å². The van der Waals surface area contributed by atoms with E-state index in [1.54, 1.807) is 0 Å². The fraction of sp³-hybridized carbons (Fsp3) is 0.769. The molecule has 0 heterocycles. The summed E-state index contributed by atoms with van der Waals surface area (Å²) in [5.74, 6) is 0.742. The van der Waals surface area contributed by atoms with Crippen LogP contribution < -0.4 is 5.32 Å². The molecule has 1 rings (SSSR count). The van der Waals surface area contributed by atoms with E-state index in [1.807, 2.05) is 13.0 Å². The van der Waals surface area contributed by atoms with Crippen LogP contribution in [0.4, 0.5) is 0 Å². The minimum Gasteiger partial charge on any atom is -0.466 e. The Morgan fingerprint density at radius 3 is 2.75 bits per heavy atom. The monoisotopic (exact) mass is 225 g/mol. The third-order valence-electron chi connectivity index (χ3n) is 3.28. The molecule has 0 atom stereocenters. The highest BCUT2D eigenvalue weighted by Crippen LogP contribution is 2.28. The Balaban J connectivity index is 2.10. The Hall–Kier alpha value is -0.830. The Morgan fingerprint density at radius 1 is 1.50 bits per heavy atom. The largest absolute Gasteiger partial charge is 0.466 e. The topological polar surface area (TPSA) is 38.3 Å². The SMILES string of the molecule is CCC(=CCNCCC1CCC1)C(=O)OC. The fourth-order valence-corrected chi connectivity index (χ4v) is 1.89. The molecule has 92 valence electrons. The molecule has 0 amide bonds. The van der Waals surface area contributed by atoms with Gasteiger partial charge in [0.1, 0.15) is 0 Å². The van der Waals surface area contributed by atoms with Gasteiger partial charge in [0.05, 0.1) is 7.11 Å². The first-order valence-corrected chi connectivity index (χ1v) is 6.26. The number of nitrogens with one attached hydrogen (secondary N) is 1. The van der Waals surface area contributed by atoms with Crippen molar-refractivity contribution in [2.45, 2.75) is 39.0 Å². The van der Waals surface area contributed by atoms with Crippen LogP contribution in [0.3, 0.4) is 0 Å². The lowest BCUT2D eigenvalue weighted by molar-refractivity contribution is -0.136. The summed E-state index contributed by atoms with van der Waals surface area (Å²) in [4.78, 5) is 11.3. The van der Waals surface area contributed by atoms with Gasteiger partial charge in [0, 0.05) is 12.1 Å². The molecular formula is C13H23NO2. The van der Waals surface area contributed by atoms with Crippen LogP contribution in [0.15, 0.2) is 11.6 Å². The Kier molecular flexibility index (Phi) is 6.16. The lowest BCUT2D eigenvalue weighted by Gasteiger charge is -2.25. The number of rotatable bonds is 7. The van der Waals surface area contributed by atoms with E-state index in [0.29, 0.717) is 0 Å². The number of esters is 1. The van der Waals surface area contributed by atoms with Crippen molar-refractivity contribution in [3.05, 3.63) is 11.6 Å². The van der Waals surface area contributed by atoms with Crippen molar-refractivity contribution in [1.82, 2.24) is 5.32 Å². The molecule has 0 saturated heterocycles. The van der Waals surface area contributed by atoms with Crippen molar-refractivity contribution in [2.24, 2.45) is 5.92 Å². The second kappa shape index (κ2) is 7.44. The summed E-state index contributed by atoms with van der Waals surface area (Å²) in [5, 5.41) is 3.34. The minimum atomic E-state index is -0.205. The van der Waals surface area contributed by atoms with Crippen LogP contribution in [-0.4, -0.2) is 26.2 Å². The number of ether oxygens (including phenoxy) is 1. The summed E-state index contributed by atoms with van der Waals surface area (Å²) < 4.78 is 4.69. The maximum atomic E-state index is 11.3. The lowest BCUT2D eigenvalue weighted by Crippen LogP contribution is -2.22. The van der Waals surface area contributed by atoms with E-state index < -0.39 is 0 Å². The van der Waals surface area contributed by atoms with Crippen LogP contribution >= 0.6 is 0 Å². The van der Waals surface area contributed by atoms with Crippen LogP contribution in [0, 0.1) is 5.92 Å². The zero-order valence-electron chi connectivity index (χ0n) is 10.4. The van der Waals surface area contributed by atoms with E-state index in [0.717, 1.165) is 31.0 Å². The zero-order chi connectivity index (χ0) is 11.8. The predicted molar refractivity (Wildman–Crippen MR) is 65.2 cm³/mol. The lowest BCUT2D eigenvalue weighted by atomic mass is 9.83. The van der Waals surface area contributed by atoms with Crippen molar-refractivity contribution < 1.29 is 9.53 Å². The molecule has 0 radical (unpaired) electrons. The standard InChI is InChI=1S/C13H23NO2/c1-3-12(13(15)16-2)8-10-14-9-7-11-5-4-6-11/h8,11,14H,3-7,9-10H2,1-2H3. The van der Waals surface area contributed by atoms with Gasteiger partial charge in [-0.05, 0) is 25.3 Å². The molecule has 1 saturated carbocycles. The maximum Gasteiger partial charge on any atom is 0.333 e. The number of methoxy groups -OCH3 is 1. The number of hydrogen-bond acceptors (Lipinski definition) is 3. The van der Waals surface area contributed by atoms with E-state index in [1.165, 1.54) is 32.8 Å². The maximum absolute atomic E-state index is 11.3. The third kappa shape index (κ3) is 4.35. The van der Waals surface area contributed by atoms with Crippen LogP contribution in [0.1, 0.15) is 39.0 Å². The van der Waals surface area contributed by atoms with Gasteiger partial charge < -0.3 is 10.1 Å². The van der Waals surface area contributed by atoms with E-state index in [-0.39, 0.29) is 5.97 Å². The zero-order valence-corrected chi connectivity index (χ0v) is 10.4. The van der Waals surface area contributed by atoms with Gasteiger partial charge in [-0.1, -0.05) is 32.3 Å². The van der Waals surface area contributed by atoms with Crippen molar-refractivity contribution in [2.75, 3.05) is 20.2 Å². The van der Waals surface area contributed by atoms with Gasteiger partial charge in [0.15, 0.2) is 0 Å². The van der Waals surface area contributed by atoms with Crippen LogP contribution in [0.25, 0.3) is 0 Å². The third-order valence-corrected chi connectivity index (χ3v) is 3.28. The normalized spacial score (nSPS) is 17.0. The van der Waals surface area contributed by atoms with Gasteiger partial charge in [-0.2, -0.15) is 0 Å². The fourth-order valence-electron chi connectivity index (χ4n) is 1.89. The Labute approximate surface area is 98.2 Å². The molecule has 1 aliphatic carbocycles. The number of carbonyl (C=O) groups excluding carboxylic acids is 1. The molecule has 0 aliphatic heterocycles. The number of carbonyl (C=O) groups is 1. The van der Waals surface area contributed by atoms with E-state index in [2.05, 4.69) is 5.32 Å². The molecular weight excluding hydrogens is 202 g/mol. The quantitative estimate of drug-likeness (QED) is 0.410. The Morgan fingerprint density at radius 2 is 2.25 bits per heavy atom. The average Bonchev–Trinajstić information content (AvgIpc) is 2.25. The molecule has 0 bridgehead atoms. The minimum absolute atomic E-state index is 0.205. The van der Waals surface area contributed by atoms with Crippen LogP contribution in [-0.2, 0) is 9.53 Å². The van der Waals surface area contributed by atoms with Crippen molar-refractivity contribution in [3.8, 4) is 0 Å². The molecule has 1 N–H and O–H groups in total. The summed E-state index contributed by atoms with van der Waals surface area (Å²) in [7, 11) is 1.43. The summed E-state index contributed by atoms with van der Waals surface area (Å²) >= 11 is 0. The van der Waals surface area contributed by atoms with Crippen molar-refractivity contribution in [1.29, 1.82) is 0 Å². The van der Waals surface area contributed by atoms with Gasteiger partial charge in [-0.3, -0.25) is 0 Å². The molecule has 0 aromatic heterocycles. The highest BCUT2D eigenvalue weighted by atomic mass is 16.5. The van der Waals surface area contributed by atoms with Gasteiger partial charge in [0.2, 0.25) is 0 Å². The molecule has 1 aliphatic rings. The molecule has 0 spiro atoms. The van der Waals surface area contributed by atoms with E-state index in [9.17, 15) is 4.79 Å². The molecule has 3 heteroatoms. The molecule has 1 fully saturated rings. The molecule has 0 aromatic rings. The molecule has 0 aromatic carbocycles.